The molecule has 0 saturated heterocycles. The van der Waals surface area contributed by atoms with Gasteiger partial charge in [0.2, 0.25) is 0 Å². The van der Waals surface area contributed by atoms with Crippen LogP contribution >= 0.6 is 0 Å². The molecule has 21 heavy (non-hydrogen) atoms. The first kappa shape index (κ1) is 15.8. The number of carboxylic acid groups (broad SMARTS) is 1. The van der Waals surface area contributed by atoms with E-state index in [0.717, 1.165) is 25.0 Å². The Morgan fingerprint density at radius 3 is 2.52 bits per heavy atom. The van der Waals surface area contributed by atoms with Gasteiger partial charge in [-0.25, -0.2) is 0 Å². The van der Waals surface area contributed by atoms with Crippen LogP contribution in [0.2, 0.25) is 0 Å². The zero-order chi connectivity index (χ0) is 15.3. The summed E-state index contributed by atoms with van der Waals surface area (Å²) >= 11 is 0. The minimum absolute atomic E-state index is 0.164. The third kappa shape index (κ3) is 3.76. The molecule has 0 radical (unpaired) electrons. The molecule has 1 saturated carbocycles. The van der Waals surface area contributed by atoms with E-state index in [0.29, 0.717) is 0 Å². The van der Waals surface area contributed by atoms with Gasteiger partial charge in [-0.15, -0.1) is 0 Å². The maximum atomic E-state index is 11.6. The number of carboxylic acids is 1. The lowest BCUT2D eigenvalue weighted by molar-refractivity contribution is -0.147. The molecule has 2 N–H and O–H groups in total. The average Bonchev–Trinajstić information content (AvgIpc) is 3.32. The van der Waals surface area contributed by atoms with Crippen molar-refractivity contribution in [3.8, 4) is 5.75 Å². The first-order valence-electron chi connectivity index (χ1n) is 7.76. The molecule has 1 unspecified atom stereocenters. The van der Waals surface area contributed by atoms with E-state index in [4.69, 9.17) is 4.74 Å². The molecule has 0 amide bonds. The van der Waals surface area contributed by atoms with Crippen LogP contribution in [0.5, 0.6) is 5.75 Å². The Morgan fingerprint density at radius 2 is 2.05 bits per heavy atom. The second kappa shape index (κ2) is 6.94. The van der Waals surface area contributed by atoms with Crippen molar-refractivity contribution in [1.82, 2.24) is 5.32 Å². The molecule has 1 atom stereocenters. The number of hydrogen-bond acceptors (Lipinski definition) is 3. The molecule has 2 rings (SSSR count). The third-order valence-corrected chi connectivity index (χ3v) is 4.31. The van der Waals surface area contributed by atoms with Gasteiger partial charge in [0.1, 0.15) is 12.4 Å². The Morgan fingerprint density at radius 1 is 1.38 bits per heavy atom. The molecule has 0 bridgehead atoms. The number of ether oxygens (including phenoxy) is 1. The Bertz CT molecular complexity index is 467. The van der Waals surface area contributed by atoms with Crippen LogP contribution in [-0.4, -0.2) is 30.3 Å². The highest BCUT2D eigenvalue weighted by molar-refractivity contribution is 5.80. The Labute approximate surface area is 126 Å². The monoisotopic (exact) mass is 291 g/mol. The quantitative estimate of drug-likeness (QED) is 0.734. The molecule has 4 heteroatoms. The van der Waals surface area contributed by atoms with E-state index in [1.54, 1.807) is 7.05 Å². The molecular formula is C17H25NO3. The summed E-state index contributed by atoms with van der Waals surface area (Å²) < 4.78 is 5.74. The second-order valence-corrected chi connectivity index (χ2v) is 5.84. The highest BCUT2D eigenvalue weighted by Gasteiger charge is 2.51. The SMILES string of the molecule is CCCCc1ccc(OCC(NC)(C(=O)O)C2CC2)cc1. The molecule has 0 spiro atoms. The predicted molar refractivity (Wildman–Crippen MR) is 82.7 cm³/mol. The van der Waals surface area contributed by atoms with Crippen LogP contribution in [-0.2, 0) is 11.2 Å². The van der Waals surface area contributed by atoms with Gasteiger partial charge in [0.25, 0.3) is 0 Å². The molecule has 1 fully saturated rings. The summed E-state index contributed by atoms with van der Waals surface area (Å²) in [6, 6.07) is 7.98. The Kier molecular flexibility index (Phi) is 5.23. The van der Waals surface area contributed by atoms with Crippen LogP contribution in [0.25, 0.3) is 0 Å². The number of benzene rings is 1. The topological polar surface area (TPSA) is 58.6 Å². The minimum Gasteiger partial charge on any atom is -0.491 e. The predicted octanol–water partition coefficient (Wildman–Crippen LogP) is 2.86. The summed E-state index contributed by atoms with van der Waals surface area (Å²) in [7, 11) is 1.70. The van der Waals surface area contributed by atoms with Crippen molar-refractivity contribution in [2.45, 2.75) is 44.6 Å². The van der Waals surface area contributed by atoms with Crippen molar-refractivity contribution < 1.29 is 14.6 Å². The highest BCUT2D eigenvalue weighted by atomic mass is 16.5. The first-order chi connectivity index (χ1) is 10.1. The van der Waals surface area contributed by atoms with E-state index in [1.807, 2.05) is 12.1 Å². The number of aryl methyl sites for hydroxylation is 1. The molecule has 0 heterocycles. The largest absolute Gasteiger partial charge is 0.491 e. The number of hydrogen-bond donors (Lipinski definition) is 2. The van der Waals surface area contributed by atoms with Crippen LogP contribution in [0.3, 0.4) is 0 Å². The fourth-order valence-electron chi connectivity index (χ4n) is 2.64. The smallest absolute Gasteiger partial charge is 0.327 e. The molecule has 4 nitrogen and oxygen atoms in total. The van der Waals surface area contributed by atoms with Crippen molar-refractivity contribution in [3.05, 3.63) is 29.8 Å². The maximum Gasteiger partial charge on any atom is 0.327 e. The lowest BCUT2D eigenvalue weighted by atomic mass is 9.94. The van der Waals surface area contributed by atoms with Crippen molar-refractivity contribution in [2.75, 3.05) is 13.7 Å². The van der Waals surface area contributed by atoms with Gasteiger partial charge in [0.05, 0.1) is 0 Å². The van der Waals surface area contributed by atoms with E-state index >= 15 is 0 Å². The van der Waals surface area contributed by atoms with E-state index in [-0.39, 0.29) is 12.5 Å². The van der Waals surface area contributed by atoms with Crippen LogP contribution in [0.4, 0.5) is 0 Å². The molecule has 0 aromatic heterocycles. The lowest BCUT2D eigenvalue weighted by Gasteiger charge is -2.28. The number of nitrogens with one attached hydrogen (secondary N) is 1. The van der Waals surface area contributed by atoms with Gasteiger partial charge in [0.15, 0.2) is 5.54 Å². The molecular weight excluding hydrogens is 266 g/mol. The molecule has 1 aromatic rings. The molecule has 1 aliphatic rings. The summed E-state index contributed by atoms with van der Waals surface area (Å²) in [6.45, 7) is 2.34. The molecule has 0 aliphatic heterocycles. The highest BCUT2D eigenvalue weighted by Crippen LogP contribution is 2.40. The number of aliphatic carboxylic acids is 1. The lowest BCUT2D eigenvalue weighted by Crippen LogP contribution is -2.56. The number of rotatable bonds is 9. The maximum absolute atomic E-state index is 11.6. The van der Waals surface area contributed by atoms with E-state index in [2.05, 4.69) is 24.4 Å². The van der Waals surface area contributed by atoms with Gasteiger partial charge in [-0.3, -0.25) is 4.79 Å². The van der Waals surface area contributed by atoms with E-state index in [1.165, 1.54) is 18.4 Å². The van der Waals surface area contributed by atoms with E-state index < -0.39 is 11.5 Å². The summed E-state index contributed by atoms with van der Waals surface area (Å²) in [4.78, 5) is 11.6. The van der Waals surface area contributed by atoms with Crippen LogP contribution in [0.1, 0.15) is 38.2 Å². The van der Waals surface area contributed by atoms with Gasteiger partial charge in [0, 0.05) is 0 Å². The fourth-order valence-corrected chi connectivity index (χ4v) is 2.64. The standard InChI is InChI=1S/C17H25NO3/c1-3-4-5-13-6-10-15(11-7-13)21-12-17(18-2,16(19)20)14-8-9-14/h6-7,10-11,14,18H,3-5,8-9,12H2,1-2H3,(H,19,20). The summed E-state index contributed by atoms with van der Waals surface area (Å²) in [5.74, 6) is 0.0765. The summed E-state index contributed by atoms with van der Waals surface area (Å²) in [5, 5.41) is 12.5. The zero-order valence-electron chi connectivity index (χ0n) is 12.9. The zero-order valence-corrected chi connectivity index (χ0v) is 12.9. The van der Waals surface area contributed by atoms with Crippen molar-refractivity contribution in [2.24, 2.45) is 5.92 Å². The Balaban J connectivity index is 1.96. The van der Waals surface area contributed by atoms with E-state index in [9.17, 15) is 9.90 Å². The molecule has 1 aliphatic carbocycles. The van der Waals surface area contributed by atoms with Crippen molar-refractivity contribution >= 4 is 5.97 Å². The van der Waals surface area contributed by atoms with Crippen LogP contribution in [0, 0.1) is 5.92 Å². The van der Waals surface area contributed by atoms with Gasteiger partial charge in [-0.2, -0.15) is 0 Å². The minimum atomic E-state index is -0.957. The summed E-state index contributed by atoms with van der Waals surface area (Å²) in [5.41, 5.74) is 0.338. The number of unbranched alkanes of at least 4 members (excludes halogenated alkanes) is 1. The number of likely N-dealkylation sites (N-methyl/N-ethyl adjacent to an activating group) is 1. The summed E-state index contributed by atoms with van der Waals surface area (Å²) in [6.07, 6.45) is 5.35. The Hall–Kier alpha value is -1.55. The van der Waals surface area contributed by atoms with Crippen molar-refractivity contribution in [3.63, 3.8) is 0 Å². The molecule has 1 aromatic carbocycles. The second-order valence-electron chi connectivity index (χ2n) is 5.84. The third-order valence-electron chi connectivity index (χ3n) is 4.31. The fraction of sp³-hybridized carbons (Fsp3) is 0.588. The first-order valence-corrected chi connectivity index (χ1v) is 7.76. The van der Waals surface area contributed by atoms with Gasteiger partial charge < -0.3 is 15.2 Å². The van der Waals surface area contributed by atoms with Crippen molar-refractivity contribution in [1.29, 1.82) is 0 Å². The van der Waals surface area contributed by atoms with Crippen LogP contribution in [0.15, 0.2) is 24.3 Å². The normalized spacial score (nSPS) is 17.2. The van der Waals surface area contributed by atoms with Gasteiger partial charge >= 0.3 is 5.97 Å². The van der Waals surface area contributed by atoms with Gasteiger partial charge in [-0.1, -0.05) is 25.5 Å². The number of carbonyl (C=O) groups is 1. The average molecular weight is 291 g/mol. The van der Waals surface area contributed by atoms with Gasteiger partial charge in [-0.05, 0) is 56.3 Å². The van der Waals surface area contributed by atoms with Crippen LogP contribution < -0.4 is 10.1 Å². The molecule has 116 valence electrons.